The van der Waals surface area contributed by atoms with Crippen molar-refractivity contribution in [3.05, 3.63) is 53.6 Å². The summed E-state index contributed by atoms with van der Waals surface area (Å²) in [6, 6.07) is 10.4. The Labute approximate surface area is 171 Å². The van der Waals surface area contributed by atoms with Gasteiger partial charge in [0.25, 0.3) is 0 Å². The molecule has 0 aromatic heterocycles. The van der Waals surface area contributed by atoms with E-state index in [1.54, 1.807) is 7.11 Å². The minimum Gasteiger partial charge on any atom is -0.496 e. The van der Waals surface area contributed by atoms with E-state index in [0.29, 0.717) is 11.5 Å². The number of benzene rings is 2. The van der Waals surface area contributed by atoms with Crippen molar-refractivity contribution in [1.82, 2.24) is 4.90 Å². The molecule has 3 aliphatic rings. The van der Waals surface area contributed by atoms with Gasteiger partial charge in [-0.15, -0.1) is 0 Å². The zero-order valence-electron chi connectivity index (χ0n) is 17.0. The van der Waals surface area contributed by atoms with Crippen molar-refractivity contribution in [3.8, 4) is 16.9 Å². The van der Waals surface area contributed by atoms with Gasteiger partial charge in [-0.05, 0) is 98.3 Å². The van der Waals surface area contributed by atoms with Gasteiger partial charge in [-0.1, -0.05) is 12.5 Å². The van der Waals surface area contributed by atoms with Gasteiger partial charge in [0.1, 0.15) is 17.4 Å². The maximum atomic E-state index is 14.3. The molecule has 2 unspecified atom stereocenters. The van der Waals surface area contributed by atoms with Gasteiger partial charge in [-0.25, -0.2) is 8.78 Å². The van der Waals surface area contributed by atoms with E-state index < -0.39 is 11.6 Å². The van der Waals surface area contributed by atoms with Gasteiger partial charge in [0.15, 0.2) is 0 Å². The summed E-state index contributed by atoms with van der Waals surface area (Å²) < 4.78 is 33.3. The number of methoxy groups -OCH3 is 1. The second-order valence-corrected chi connectivity index (χ2v) is 9.13. The topological polar surface area (TPSA) is 12.5 Å². The van der Waals surface area contributed by atoms with Gasteiger partial charge < -0.3 is 9.64 Å². The molecule has 2 aromatic carbocycles. The fourth-order valence-corrected chi connectivity index (χ4v) is 6.14. The van der Waals surface area contributed by atoms with Gasteiger partial charge in [-0.2, -0.15) is 0 Å². The maximum absolute atomic E-state index is 14.3. The van der Waals surface area contributed by atoms with Crippen LogP contribution >= 0.6 is 0 Å². The molecule has 2 saturated carbocycles. The summed E-state index contributed by atoms with van der Waals surface area (Å²) in [6.07, 6.45) is 7.94. The molecular formula is C25H29F2NO. The lowest BCUT2D eigenvalue weighted by molar-refractivity contribution is 0.110. The first-order valence-corrected chi connectivity index (χ1v) is 11.0. The number of hydrogen-bond acceptors (Lipinski definition) is 2. The average molecular weight is 398 g/mol. The maximum Gasteiger partial charge on any atom is 0.133 e. The van der Waals surface area contributed by atoms with Crippen molar-refractivity contribution in [2.75, 3.05) is 20.2 Å². The molecule has 29 heavy (non-hydrogen) atoms. The molecule has 2 nitrogen and oxygen atoms in total. The fourth-order valence-electron chi connectivity index (χ4n) is 6.14. The third-order valence-corrected chi connectivity index (χ3v) is 7.61. The molecule has 154 valence electrons. The van der Waals surface area contributed by atoms with Crippen molar-refractivity contribution in [3.63, 3.8) is 0 Å². The molecule has 2 bridgehead atoms. The molecule has 1 heterocycles. The van der Waals surface area contributed by atoms with E-state index in [1.807, 2.05) is 18.2 Å². The van der Waals surface area contributed by atoms with Gasteiger partial charge in [0, 0.05) is 17.7 Å². The summed E-state index contributed by atoms with van der Waals surface area (Å²) in [5, 5.41) is 0. The fraction of sp³-hybridized carbons (Fsp3) is 0.520. The third kappa shape index (κ3) is 3.56. The highest BCUT2D eigenvalue weighted by molar-refractivity contribution is 5.66. The van der Waals surface area contributed by atoms with Crippen LogP contribution in [0.1, 0.15) is 50.0 Å². The number of piperidine rings is 1. The molecule has 0 radical (unpaired) electrons. The van der Waals surface area contributed by atoms with Crippen LogP contribution in [-0.2, 0) is 0 Å². The molecule has 2 aromatic rings. The van der Waals surface area contributed by atoms with Crippen LogP contribution < -0.4 is 4.74 Å². The minimum atomic E-state index is -0.548. The molecule has 3 atom stereocenters. The number of ether oxygens (including phenoxy) is 1. The second-order valence-electron chi connectivity index (χ2n) is 9.13. The van der Waals surface area contributed by atoms with Crippen LogP contribution in [0, 0.1) is 23.5 Å². The molecule has 0 amide bonds. The summed E-state index contributed by atoms with van der Waals surface area (Å²) in [5.41, 5.74) is 2.38. The van der Waals surface area contributed by atoms with E-state index >= 15 is 0 Å². The Hall–Kier alpha value is -1.94. The number of hydrogen-bond donors (Lipinski definition) is 0. The van der Waals surface area contributed by atoms with Crippen molar-refractivity contribution < 1.29 is 13.5 Å². The Morgan fingerprint density at radius 1 is 0.931 bits per heavy atom. The molecule has 5 rings (SSSR count). The number of fused-ring (bicyclic) bond motifs is 2. The summed E-state index contributed by atoms with van der Waals surface area (Å²) in [5.74, 6) is 2.12. The molecule has 4 heteroatoms. The number of halogens is 2. The molecular weight excluding hydrogens is 368 g/mol. The first kappa shape index (κ1) is 19.0. The van der Waals surface area contributed by atoms with Crippen LogP contribution in [0.25, 0.3) is 11.1 Å². The number of likely N-dealkylation sites (tertiary alicyclic amines) is 1. The number of rotatable bonds is 4. The third-order valence-electron chi connectivity index (χ3n) is 7.61. The smallest absolute Gasteiger partial charge is 0.133 e. The van der Waals surface area contributed by atoms with E-state index in [1.165, 1.54) is 37.8 Å². The standard InChI is InChI=1S/C25H29F2NO/c1-29-25-7-4-18(21-6-5-20(26)15-23(21)27)14-22(25)17-8-10-28(11-9-17)24-13-16-2-3-19(24)12-16/h4-7,14-17,19,24H,2-3,8-13H2,1H3/t16?,19?,24-/m1/s1. The normalized spacial score (nSPS) is 27.5. The monoisotopic (exact) mass is 397 g/mol. The lowest BCUT2D eigenvalue weighted by atomic mass is 9.85. The quantitative estimate of drug-likeness (QED) is 0.627. The van der Waals surface area contributed by atoms with Crippen molar-refractivity contribution in [2.24, 2.45) is 11.8 Å². The highest BCUT2D eigenvalue weighted by Gasteiger charge is 2.43. The molecule has 3 fully saturated rings. The highest BCUT2D eigenvalue weighted by Crippen LogP contribution is 2.48. The predicted molar refractivity (Wildman–Crippen MR) is 111 cm³/mol. The Morgan fingerprint density at radius 3 is 2.41 bits per heavy atom. The first-order chi connectivity index (χ1) is 14.1. The van der Waals surface area contributed by atoms with Gasteiger partial charge in [-0.3, -0.25) is 0 Å². The van der Waals surface area contributed by atoms with Crippen LogP contribution in [0.5, 0.6) is 5.75 Å². The highest BCUT2D eigenvalue weighted by atomic mass is 19.1. The Balaban J connectivity index is 1.35. The lowest BCUT2D eigenvalue weighted by Gasteiger charge is -2.40. The minimum absolute atomic E-state index is 0.420. The van der Waals surface area contributed by atoms with Gasteiger partial charge in [0.05, 0.1) is 7.11 Å². The average Bonchev–Trinajstić information content (AvgIpc) is 3.37. The van der Waals surface area contributed by atoms with Gasteiger partial charge >= 0.3 is 0 Å². The largest absolute Gasteiger partial charge is 0.496 e. The van der Waals surface area contributed by atoms with E-state index in [0.717, 1.165) is 66.8 Å². The first-order valence-electron chi connectivity index (χ1n) is 11.0. The Kier molecular flexibility index (Phi) is 5.07. The van der Waals surface area contributed by atoms with Crippen LogP contribution in [0.15, 0.2) is 36.4 Å². The van der Waals surface area contributed by atoms with Crippen molar-refractivity contribution in [1.29, 1.82) is 0 Å². The van der Waals surface area contributed by atoms with Crippen LogP contribution in [0.3, 0.4) is 0 Å². The zero-order valence-corrected chi connectivity index (χ0v) is 17.0. The van der Waals surface area contributed by atoms with E-state index in [-0.39, 0.29) is 0 Å². The molecule has 2 aliphatic carbocycles. The van der Waals surface area contributed by atoms with E-state index in [2.05, 4.69) is 4.90 Å². The molecule has 0 N–H and O–H groups in total. The number of nitrogens with zero attached hydrogens (tertiary/aromatic N) is 1. The van der Waals surface area contributed by atoms with Crippen LogP contribution in [0.2, 0.25) is 0 Å². The molecule has 1 aliphatic heterocycles. The van der Waals surface area contributed by atoms with E-state index in [9.17, 15) is 8.78 Å². The van der Waals surface area contributed by atoms with Gasteiger partial charge in [0.2, 0.25) is 0 Å². The summed E-state index contributed by atoms with van der Waals surface area (Å²) in [7, 11) is 1.70. The Morgan fingerprint density at radius 2 is 1.76 bits per heavy atom. The Bertz CT molecular complexity index is 890. The zero-order chi connectivity index (χ0) is 20.0. The second kappa shape index (κ2) is 7.71. The summed E-state index contributed by atoms with van der Waals surface area (Å²) in [4.78, 5) is 2.73. The van der Waals surface area contributed by atoms with E-state index in [4.69, 9.17) is 4.74 Å². The lowest BCUT2D eigenvalue weighted by Crippen LogP contribution is -2.43. The molecule has 1 saturated heterocycles. The van der Waals surface area contributed by atoms with Crippen LogP contribution in [-0.4, -0.2) is 31.1 Å². The molecule has 0 spiro atoms. The summed E-state index contributed by atoms with van der Waals surface area (Å²) in [6.45, 7) is 2.27. The van der Waals surface area contributed by atoms with Crippen molar-refractivity contribution in [2.45, 2.75) is 50.5 Å². The summed E-state index contributed by atoms with van der Waals surface area (Å²) >= 11 is 0. The SMILES string of the molecule is COc1ccc(-c2ccc(F)cc2F)cc1C1CCN([C@@H]2CC3CCC2C3)CC1. The predicted octanol–water partition coefficient (Wildman–Crippen LogP) is 6.01. The van der Waals surface area contributed by atoms with Crippen molar-refractivity contribution >= 4 is 0 Å². The van der Waals surface area contributed by atoms with Crippen LogP contribution in [0.4, 0.5) is 8.78 Å².